The van der Waals surface area contributed by atoms with Crippen LogP contribution in [0, 0.1) is 0 Å². The van der Waals surface area contributed by atoms with E-state index in [1.807, 2.05) is 18.2 Å². The van der Waals surface area contributed by atoms with Gasteiger partial charge < -0.3 is 14.9 Å². The summed E-state index contributed by atoms with van der Waals surface area (Å²) in [5, 5.41) is 20.8. The summed E-state index contributed by atoms with van der Waals surface area (Å²) in [6.45, 7) is 0. The van der Waals surface area contributed by atoms with Gasteiger partial charge in [0.25, 0.3) is 0 Å². The first-order valence-electron chi connectivity index (χ1n) is 6.20. The summed E-state index contributed by atoms with van der Waals surface area (Å²) < 4.78 is 5.13. The molecule has 0 aliphatic heterocycles. The second-order valence-electron chi connectivity index (χ2n) is 4.84. The van der Waals surface area contributed by atoms with Crippen LogP contribution in [-0.2, 0) is 0 Å². The molecule has 1 fully saturated rings. The maximum absolute atomic E-state index is 10.5. The third-order valence-electron chi connectivity index (χ3n) is 3.64. The van der Waals surface area contributed by atoms with Gasteiger partial charge in [-0.15, -0.1) is 0 Å². The predicted octanol–water partition coefficient (Wildman–Crippen LogP) is 2.42. The van der Waals surface area contributed by atoms with Crippen LogP contribution in [0.25, 0.3) is 0 Å². The molecule has 1 atom stereocenters. The molecule has 3 nitrogen and oxygen atoms in total. The fourth-order valence-electron chi connectivity index (χ4n) is 2.56. The molecule has 1 aromatic rings. The fourth-order valence-corrected chi connectivity index (χ4v) is 2.56. The Kier molecular flexibility index (Phi) is 3.69. The van der Waals surface area contributed by atoms with Gasteiger partial charge >= 0.3 is 0 Å². The van der Waals surface area contributed by atoms with Crippen molar-refractivity contribution >= 4 is 0 Å². The van der Waals surface area contributed by atoms with Gasteiger partial charge in [-0.05, 0) is 30.5 Å². The van der Waals surface area contributed by atoms with Crippen LogP contribution in [0.3, 0.4) is 0 Å². The quantitative estimate of drug-likeness (QED) is 0.847. The average molecular weight is 236 g/mol. The number of aliphatic hydroxyl groups is 2. The van der Waals surface area contributed by atoms with E-state index in [9.17, 15) is 10.2 Å². The number of rotatable bonds is 3. The van der Waals surface area contributed by atoms with Crippen molar-refractivity contribution in [2.45, 2.75) is 43.8 Å². The van der Waals surface area contributed by atoms with Crippen molar-refractivity contribution < 1.29 is 14.9 Å². The zero-order valence-corrected chi connectivity index (χ0v) is 10.2. The third-order valence-corrected chi connectivity index (χ3v) is 3.64. The molecule has 1 aliphatic rings. The van der Waals surface area contributed by atoms with E-state index >= 15 is 0 Å². The minimum atomic E-state index is -0.968. The Morgan fingerprint density at radius 2 is 1.94 bits per heavy atom. The van der Waals surface area contributed by atoms with Crippen molar-refractivity contribution in [2.75, 3.05) is 7.11 Å². The molecule has 1 aliphatic carbocycles. The second-order valence-corrected chi connectivity index (χ2v) is 4.84. The number of aliphatic hydroxyl groups excluding tert-OH is 1. The largest absolute Gasteiger partial charge is 0.497 e. The molecule has 1 unspecified atom stereocenters. The Labute approximate surface area is 102 Å². The summed E-state index contributed by atoms with van der Waals surface area (Å²) in [5.41, 5.74) is -0.237. The highest BCUT2D eigenvalue weighted by molar-refractivity contribution is 5.31. The van der Waals surface area contributed by atoms with E-state index in [1.165, 1.54) is 0 Å². The summed E-state index contributed by atoms with van der Waals surface area (Å²) in [6, 6.07) is 7.29. The van der Waals surface area contributed by atoms with Crippen molar-refractivity contribution in [1.82, 2.24) is 0 Å². The fraction of sp³-hybridized carbons (Fsp3) is 0.571. The van der Waals surface area contributed by atoms with Gasteiger partial charge in [0.2, 0.25) is 0 Å². The first-order valence-corrected chi connectivity index (χ1v) is 6.20. The lowest BCUT2D eigenvalue weighted by Crippen LogP contribution is -2.38. The standard InChI is InChI=1S/C14H20O3/c1-17-12-7-5-6-11(10-12)13(15)14(16)8-3-2-4-9-14/h5-7,10,13,15-16H,2-4,8-9H2,1H3. The smallest absolute Gasteiger partial charge is 0.119 e. The molecule has 2 rings (SSSR count). The SMILES string of the molecule is COc1cccc(C(O)C2(O)CCCCC2)c1. The number of methoxy groups -OCH3 is 1. The van der Waals surface area contributed by atoms with Crippen LogP contribution in [-0.4, -0.2) is 22.9 Å². The molecule has 17 heavy (non-hydrogen) atoms. The molecule has 0 spiro atoms. The number of hydrogen-bond acceptors (Lipinski definition) is 3. The molecule has 0 heterocycles. The lowest BCUT2D eigenvalue weighted by molar-refractivity contribution is -0.0992. The normalized spacial score (nSPS) is 20.9. The van der Waals surface area contributed by atoms with Gasteiger partial charge in [0.1, 0.15) is 11.9 Å². The highest BCUT2D eigenvalue weighted by Gasteiger charge is 2.37. The van der Waals surface area contributed by atoms with Gasteiger partial charge in [0.05, 0.1) is 12.7 Å². The van der Waals surface area contributed by atoms with Crippen LogP contribution in [0.1, 0.15) is 43.8 Å². The maximum Gasteiger partial charge on any atom is 0.119 e. The average Bonchev–Trinajstić information content (AvgIpc) is 2.39. The Bertz CT molecular complexity index is 369. The van der Waals surface area contributed by atoms with Gasteiger partial charge in [0, 0.05) is 0 Å². The topological polar surface area (TPSA) is 49.7 Å². The summed E-state index contributed by atoms with van der Waals surface area (Å²) in [6.07, 6.45) is 3.64. The lowest BCUT2D eigenvalue weighted by atomic mass is 9.78. The molecule has 0 amide bonds. The van der Waals surface area contributed by atoms with Gasteiger partial charge in [-0.3, -0.25) is 0 Å². The van der Waals surface area contributed by atoms with Crippen molar-refractivity contribution in [3.05, 3.63) is 29.8 Å². The minimum absolute atomic E-state index is 0.672. The zero-order valence-electron chi connectivity index (χ0n) is 10.2. The molecular weight excluding hydrogens is 216 g/mol. The third kappa shape index (κ3) is 2.61. The van der Waals surface area contributed by atoms with E-state index in [0.717, 1.165) is 24.8 Å². The van der Waals surface area contributed by atoms with Crippen molar-refractivity contribution in [3.63, 3.8) is 0 Å². The van der Waals surface area contributed by atoms with E-state index in [4.69, 9.17) is 4.74 Å². The maximum atomic E-state index is 10.5. The van der Waals surface area contributed by atoms with E-state index < -0.39 is 11.7 Å². The molecule has 3 heteroatoms. The molecule has 0 radical (unpaired) electrons. The minimum Gasteiger partial charge on any atom is -0.497 e. The van der Waals surface area contributed by atoms with Crippen LogP contribution >= 0.6 is 0 Å². The van der Waals surface area contributed by atoms with Crippen molar-refractivity contribution in [3.8, 4) is 5.75 Å². The first kappa shape index (κ1) is 12.4. The van der Waals surface area contributed by atoms with Crippen LogP contribution in [0.2, 0.25) is 0 Å². The zero-order chi connectivity index (χ0) is 12.3. The van der Waals surface area contributed by atoms with E-state index in [-0.39, 0.29) is 0 Å². The number of ether oxygens (including phenoxy) is 1. The molecule has 0 saturated heterocycles. The Balaban J connectivity index is 2.19. The molecule has 94 valence electrons. The van der Waals surface area contributed by atoms with Gasteiger partial charge in [-0.1, -0.05) is 31.4 Å². The highest BCUT2D eigenvalue weighted by Crippen LogP contribution is 2.38. The van der Waals surface area contributed by atoms with E-state index in [0.29, 0.717) is 18.6 Å². The van der Waals surface area contributed by atoms with Crippen molar-refractivity contribution in [1.29, 1.82) is 0 Å². The van der Waals surface area contributed by atoms with Crippen LogP contribution in [0.5, 0.6) is 5.75 Å². The Morgan fingerprint density at radius 3 is 2.59 bits per heavy atom. The Morgan fingerprint density at radius 1 is 1.24 bits per heavy atom. The van der Waals surface area contributed by atoms with Crippen LogP contribution in [0.4, 0.5) is 0 Å². The number of benzene rings is 1. The Hall–Kier alpha value is -1.06. The van der Waals surface area contributed by atoms with E-state index in [2.05, 4.69) is 0 Å². The molecule has 1 saturated carbocycles. The lowest BCUT2D eigenvalue weighted by Gasteiger charge is -2.36. The first-order chi connectivity index (χ1) is 8.15. The van der Waals surface area contributed by atoms with Crippen LogP contribution in [0.15, 0.2) is 24.3 Å². The highest BCUT2D eigenvalue weighted by atomic mass is 16.5. The van der Waals surface area contributed by atoms with Crippen LogP contribution < -0.4 is 4.74 Å². The monoisotopic (exact) mass is 236 g/mol. The molecule has 0 bridgehead atoms. The van der Waals surface area contributed by atoms with Gasteiger partial charge in [-0.2, -0.15) is 0 Å². The van der Waals surface area contributed by atoms with Crippen molar-refractivity contribution in [2.24, 2.45) is 0 Å². The van der Waals surface area contributed by atoms with Gasteiger partial charge in [0.15, 0.2) is 0 Å². The molecule has 0 aromatic heterocycles. The summed E-state index contributed by atoms with van der Waals surface area (Å²) in [4.78, 5) is 0. The molecule has 2 N–H and O–H groups in total. The number of hydrogen-bond donors (Lipinski definition) is 2. The predicted molar refractivity (Wildman–Crippen MR) is 66.0 cm³/mol. The summed E-state index contributed by atoms with van der Waals surface area (Å²) in [7, 11) is 1.60. The molecular formula is C14H20O3. The van der Waals surface area contributed by atoms with Gasteiger partial charge in [-0.25, -0.2) is 0 Å². The summed E-state index contributed by atoms with van der Waals surface area (Å²) >= 11 is 0. The summed E-state index contributed by atoms with van der Waals surface area (Å²) in [5.74, 6) is 0.709. The second kappa shape index (κ2) is 5.07. The van der Waals surface area contributed by atoms with E-state index in [1.54, 1.807) is 13.2 Å². The molecule has 1 aromatic carbocycles.